The topological polar surface area (TPSA) is 105 Å². The normalized spacial score (nSPS) is 16.3. The van der Waals surface area contributed by atoms with Crippen LogP contribution in [0.15, 0.2) is 18.2 Å². The van der Waals surface area contributed by atoms with Gasteiger partial charge in [-0.2, -0.15) is 0 Å². The summed E-state index contributed by atoms with van der Waals surface area (Å²) in [4.78, 5) is 37.4. The number of nitrogens with one attached hydrogen (secondary N) is 2. The second kappa shape index (κ2) is 10.8. The molecule has 1 heterocycles. The molecule has 3 amide bonds. The number of carbonyl (C=O) groups is 3. The van der Waals surface area contributed by atoms with E-state index in [1.54, 1.807) is 4.90 Å². The SMILES string of the molecule is CC(=O)Nc1cc(C(=O)N2CCCCC2CNC(=O)CCN)ccc1F.Cl. The van der Waals surface area contributed by atoms with Crippen LogP contribution in [0.3, 0.4) is 0 Å². The first-order valence-electron chi connectivity index (χ1n) is 8.77. The van der Waals surface area contributed by atoms with Crippen molar-refractivity contribution < 1.29 is 18.8 Å². The van der Waals surface area contributed by atoms with E-state index in [-0.39, 0.29) is 48.9 Å². The molecule has 2 rings (SSSR count). The average Bonchev–Trinajstić information content (AvgIpc) is 2.61. The minimum Gasteiger partial charge on any atom is -0.354 e. The van der Waals surface area contributed by atoms with E-state index in [2.05, 4.69) is 10.6 Å². The molecule has 0 aliphatic carbocycles. The maximum atomic E-state index is 13.8. The molecule has 1 aromatic rings. The van der Waals surface area contributed by atoms with Crippen molar-refractivity contribution in [2.24, 2.45) is 5.73 Å². The molecule has 0 spiro atoms. The van der Waals surface area contributed by atoms with Gasteiger partial charge in [0.2, 0.25) is 11.8 Å². The molecule has 1 fully saturated rings. The summed E-state index contributed by atoms with van der Waals surface area (Å²) in [6.07, 6.45) is 2.88. The van der Waals surface area contributed by atoms with E-state index in [0.29, 0.717) is 18.7 Å². The van der Waals surface area contributed by atoms with E-state index in [1.807, 2.05) is 0 Å². The predicted octanol–water partition coefficient (Wildman–Crippen LogP) is 1.67. The van der Waals surface area contributed by atoms with Crippen molar-refractivity contribution in [1.29, 1.82) is 0 Å². The number of piperidine rings is 1. The Morgan fingerprint density at radius 3 is 2.70 bits per heavy atom. The highest BCUT2D eigenvalue weighted by molar-refractivity contribution is 5.97. The molecule has 0 saturated carbocycles. The van der Waals surface area contributed by atoms with Crippen LogP contribution in [0.2, 0.25) is 0 Å². The Bertz CT molecular complexity index is 687. The minimum absolute atomic E-state index is 0. The third kappa shape index (κ3) is 6.48. The molecule has 27 heavy (non-hydrogen) atoms. The molecule has 1 aliphatic rings. The Morgan fingerprint density at radius 2 is 2.04 bits per heavy atom. The molecular formula is C18H26ClFN4O3. The van der Waals surface area contributed by atoms with Crippen molar-refractivity contribution in [3.05, 3.63) is 29.6 Å². The fourth-order valence-electron chi connectivity index (χ4n) is 3.04. The standard InChI is InChI=1S/C18H25FN4O3.ClH/c1-12(24)22-16-10-13(5-6-15(16)19)18(26)23-9-3-2-4-14(23)11-21-17(25)7-8-20;/h5-6,10,14H,2-4,7-9,11,20H2,1H3,(H,21,25)(H,22,24);1H. The maximum absolute atomic E-state index is 13.8. The van der Waals surface area contributed by atoms with Crippen LogP contribution in [0, 0.1) is 5.82 Å². The van der Waals surface area contributed by atoms with Crippen molar-refractivity contribution >= 4 is 35.8 Å². The fraction of sp³-hybridized carbons (Fsp3) is 0.500. The molecule has 150 valence electrons. The van der Waals surface area contributed by atoms with E-state index >= 15 is 0 Å². The van der Waals surface area contributed by atoms with Gasteiger partial charge in [0.25, 0.3) is 5.91 Å². The van der Waals surface area contributed by atoms with Crippen LogP contribution in [0.25, 0.3) is 0 Å². The Labute approximate surface area is 164 Å². The van der Waals surface area contributed by atoms with Crippen molar-refractivity contribution in [1.82, 2.24) is 10.2 Å². The van der Waals surface area contributed by atoms with Gasteiger partial charge < -0.3 is 21.3 Å². The molecule has 1 saturated heterocycles. The lowest BCUT2D eigenvalue weighted by Crippen LogP contribution is -2.49. The molecule has 1 unspecified atom stereocenters. The van der Waals surface area contributed by atoms with E-state index in [1.165, 1.54) is 25.1 Å². The summed E-state index contributed by atoms with van der Waals surface area (Å²) in [7, 11) is 0. The molecule has 7 nitrogen and oxygen atoms in total. The smallest absolute Gasteiger partial charge is 0.254 e. The Morgan fingerprint density at radius 1 is 1.30 bits per heavy atom. The molecule has 1 aliphatic heterocycles. The first-order valence-corrected chi connectivity index (χ1v) is 8.77. The lowest BCUT2D eigenvalue weighted by Gasteiger charge is -2.36. The van der Waals surface area contributed by atoms with Crippen LogP contribution in [0.4, 0.5) is 10.1 Å². The van der Waals surface area contributed by atoms with Gasteiger partial charge in [0.05, 0.1) is 5.69 Å². The van der Waals surface area contributed by atoms with Crippen LogP contribution < -0.4 is 16.4 Å². The van der Waals surface area contributed by atoms with E-state index in [0.717, 1.165) is 19.3 Å². The summed E-state index contributed by atoms with van der Waals surface area (Å²) in [6.45, 7) is 2.49. The van der Waals surface area contributed by atoms with Crippen molar-refractivity contribution in [2.45, 2.75) is 38.6 Å². The van der Waals surface area contributed by atoms with Crippen molar-refractivity contribution in [2.75, 3.05) is 25.0 Å². The number of hydrogen-bond donors (Lipinski definition) is 3. The Balaban J connectivity index is 0.00000364. The zero-order valence-electron chi connectivity index (χ0n) is 15.3. The number of amides is 3. The van der Waals surface area contributed by atoms with Gasteiger partial charge in [0, 0.05) is 44.6 Å². The predicted molar refractivity (Wildman–Crippen MR) is 103 cm³/mol. The van der Waals surface area contributed by atoms with Gasteiger partial charge in [0.1, 0.15) is 5.82 Å². The lowest BCUT2D eigenvalue weighted by atomic mass is 10.0. The molecule has 1 atom stereocenters. The number of anilines is 1. The lowest BCUT2D eigenvalue weighted by molar-refractivity contribution is -0.121. The number of rotatable bonds is 6. The van der Waals surface area contributed by atoms with Gasteiger partial charge in [0.15, 0.2) is 0 Å². The Hall–Kier alpha value is -2.19. The summed E-state index contributed by atoms with van der Waals surface area (Å²) in [5, 5.41) is 5.19. The number of likely N-dealkylation sites (tertiary alicyclic amines) is 1. The highest BCUT2D eigenvalue weighted by Gasteiger charge is 2.28. The monoisotopic (exact) mass is 400 g/mol. The number of carbonyl (C=O) groups excluding carboxylic acids is 3. The quantitative estimate of drug-likeness (QED) is 0.675. The van der Waals surface area contributed by atoms with Crippen LogP contribution in [0.5, 0.6) is 0 Å². The van der Waals surface area contributed by atoms with E-state index < -0.39 is 11.7 Å². The number of nitrogens with two attached hydrogens (primary N) is 1. The second-order valence-electron chi connectivity index (χ2n) is 6.37. The van der Waals surface area contributed by atoms with Gasteiger partial charge in [-0.1, -0.05) is 0 Å². The number of nitrogens with zero attached hydrogens (tertiary/aromatic N) is 1. The maximum Gasteiger partial charge on any atom is 0.254 e. The van der Waals surface area contributed by atoms with Gasteiger partial charge >= 0.3 is 0 Å². The summed E-state index contributed by atoms with van der Waals surface area (Å²) in [5.74, 6) is -1.39. The third-order valence-electron chi connectivity index (χ3n) is 4.32. The summed E-state index contributed by atoms with van der Waals surface area (Å²) < 4.78 is 13.8. The number of halogens is 2. The second-order valence-corrected chi connectivity index (χ2v) is 6.37. The molecule has 0 radical (unpaired) electrons. The zero-order chi connectivity index (χ0) is 19.1. The van der Waals surface area contributed by atoms with Gasteiger partial charge in [-0.25, -0.2) is 4.39 Å². The van der Waals surface area contributed by atoms with E-state index in [9.17, 15) is 18.8 Å². The molecular weight excluding hydrogens is 375 g/mol. The minimum atomic E-state index is -0.596. The number of hydrogen-bond acceptors (Lipinski definition) is 4. The largest absolute Gasteiger partial charge is 0.354 e. The molecule has 9 heteroatoms. The van der Waals surface area contributed by atoms with Gasteiger partial charge in [-0.15, -0.1) is 12.4 Å². The van der Waals surface area contributed by atoms with Crippen molar-refractivity contribution in [3.8, 4) is 0 Å². The van der Waals surface area contributed by atoms with Crippen LogP contribution in [-0.4, -0.2) is 48.3 Å². The van der Waals surface area contributed by atoms with Crippen LogP contribution >= 0.6 is 12.4 Å². The first kappa shape index (κ1) is 22.9. The average molecular weight is 401 g/mol. The number of benzene rings is 1. The van der Waals surface area contributed by atoms with Crippen LogP contribution in [0.1, 0.15) is 43.0 Å². The zero-order valence-corrected chi connectivity index (χ0v) is 16.1. The molecule has 0 aromatic heterocycles. The summed E-state index contributed by atoms with van der Waals surface area (Å²) in [6, 6.07) is 3.80. The molecule has 1 aromatic carbocycles. The van der Waals surface area contributed by atoms with Gasteiger partial charge in [-0.05, 0) is 37.5 Å². The van der Waals surface area contributed by atoms with E-state index in [4.69, 9.17) is 5.73 Å². The highest BCUT2D eigenvalue weighted by atomic mass is 35.5. The summed E-state index contributed by atoms with van der Waals surface area (Å²) in [5.41, 5.74) is 5.65. The molecule has 4 N–H and O–H groups in total. The first-order chi connectivity index (χ1) is 12.4. The van der Waals surface area contributed by atoms with Gasteiger partial charge in [-0.3, -0.25) is 14.4 Å². The molecule has 0 bridgehead atoms. The fourth-order valence-corrected chi connectivity index (χ4v) is 3.04. The van der Waals surface area contributed by atoms with Crippen molar-refractivity contribution in [3.63, 3.8) is 0 Å². The summed E-state index contributed by atoms with van der Waals surface area (Å²) >= 11 is 0. The Kier molecular flexibility index (Phi) is 9.17. The highest BCUT2D eigenvalue weighted by Crippen LogP contribution is 2.22. The third-order valence-corrected chi connectivity index (χ3v) is 4.32. The van der Waals surface area contributed by atoms with Crippen LogP contribution in [-0.2, 0) is 9.59 Å².